The van der Waals surface area contributed by atoms with Crippen LogP contribution in [0, 0.1) is 0 Å². The molecule has 0 amide bonds. The first-order valence-corrected chi connectivity index (χ1v) is 6.90. The van der Waals surface area contributed by atoms with Gasteiger partial charge in [0.25, 0.3) is 0 Å². The highest BCUT2D eigenvalue weighted by atomic mass is 15.5. The molecule has 16 heavy (non-hydrogen) atoms. The van der Waals surface area contributed by atoms with Gasteiger partial charge in [0.15, 0.2) is 0 Å². The molecule has 4 heteroatoms. The van der Waals surface area contributed by atoms with Crippen molar-refractivity contribution in [3.8, 4) is 0 Å². The molecule has 0 aromatic carbocycles. The van der Waals surface area contributed by atoms with Crippen LogP contribution in [0.15, 0.2) is 0 Å². The van der Waals surface area contributed by atoms with Crippen molar-refractivity contribution < 1.29 is 0 Å². The fraction of sp³-hybridized carbons (Fsp3) is 1.00. The Labute approximate surface area is 97.8 Å². The minimum absolute atomic E-state index is 0.719. The third-order valence-corrected chi connectivity index (χ3v) is 4.89. The summed E-state index contributed by atoms with van der Waals surface area (Å²) in [5.41, 5.74) is 0. The normalized spacial score (nSPS) is 42.0. The third kappa shape index (κ3) is 1.30. The summed E-state index contributed by atoms with van der Waals surface area (Å²) in [6, 6.07) is 0. The molecule has 0 aromatic rings. The van der Waals surface area contributed by atoms with Gasteiger partial charge in [-0.25, -0.2) is 0 Å². The molecule has 4 aliphatic heterocycles. The van der Waals surface area contributed by atoms with Crippen molar-refractivity contribution in [3.05, 3.63) is 0 Å². The summed E-state index contributed by atoms with van der Waals surface area (Å²) < 4.78 is 0. The van der Waals surface area contributed by atoms with Crippen LogP contribution in [0.25, 0.3) is 0 Å². The van der Waals surface area contributed by atoms with Gasteiger partial charge in [0.2, 0.25) is 0 Å². The molecular weight excluding hydrogens is 200 g/mol. The number of hydrogen-bond acceptors (Lipinski definition) is 4. The second-order valence-corrected chi connectivity index (χ2v) is 5.68. The highest BCUT2D eigenvalue weighted by Gasteiger charge is 2.47. The Kier molecular flexibility index (Phi) is 2.25. The van der Waals surface area contributed by atoms with E-state index in [1.165, 1.54) is 65.2 Å². The molecule has 4 rings (SSSR count). The van der Waals surface area contributed by atoms with Crippen molar-refractivity contribution in [2.75, 3.05) is 52.4 Å². The molecule has 0 aliphatic carbocycles. The lowest BCUT2D eigenvalue weighted by Gasteiger charge is -2.61. The number of hydrogen-bond donors (Lipinski definition) is 0. The largest absolute Gasteiger partial charge is 0.284 e. The van der Waals surface area contributed by atoms with Crippen molar-refractivity contribution in [1.29, 1.82) is 0 Å². The first-order valence-electron chi connectivity index (χ1n) is 6.90. The maximum absolute atomic E-state index is 2.74. The lowest BCUT2D eigenvalue weighted by Crippen LogP contribution is -2.77. The van der Waals surface area contributed by atoms with Gasteiger partial charge >= 0.3 is 0 Å². The Morgan fingerprint density at radius 3 is 1.06 bits per heavy atom. The van der Waals surface area contributed by atoms with Crippen molar-refractivity contribution in [2.24, 2.45) is 0 Å². The zero-order chi connectivity index (χ0) is 10.5. The third-order valence-electron chi connectivity index (χ3n) is 4.89. The van der Waals surface area contributed by atoms with E-state index in [1.54, 1.807) is 0 Å². The zero-order valence-corrected chi connectivity index (χ0v) is 10.0. The molecule has 0 N–H and O–H groups in total. The first kappa shape index (κ1) is 9.83. The Balaban J connectivity index is 1.67. The molecule has 0 bridgehead atoms. The molecule has 0 radical (unpaired) electrons. The average molecular weight is 222 g/mol. The summed E-state index contributed by atoms with van der Waals surface area (Å²) >= 11 is 0. The van der Waals surface area contributed by atoms with Gasteiger partial charge in [0, 0.05) is 52.4 Å². The second kappa shape index (κ2) is 3.67. The van der Waals surface area contributed by atoms with E-state index in [0.29, 0.717) is 0 Å². The predicted molar refractivity (Wildman–Crippen MR) is 63.1 cm³/mol. The van der Waals surface area contributed by atoms with Gasteiger partial charge in [-0.3, -0.25) is 19.6 Å². The van der Waals surface area contributed by atoms with Crippen LogP contribution < -0.4 is 0 Å². The van der Waals surface area contributed by atoms with Crippen LogP contribution in [0.3, 0.4) is 0 Å². The minimum Gasteiger partial charge on any atom is -0.284 e. The average Bonchev–Trinajstić information content (AvgIpc) is 2.36. The maximum atomic E-state index is 2.74. The van der Waals surface area contributed by atoms with E-state index < -0.39 is 0 Å². The maximum Gasteiger partial charge on any atom is 0.0922 e. The van der Waals surface area contributed by atoms with Gasteiger partial charge in [0.05, 0.1) is 12.3 Å². The van der Waals surface area contributed by atoms with Crippen molar-refractivity contribution in [3.63, 3.8) is 0 Å². The highest BCUT2D eigenvalue weighted by Crippen LogP contribution is 2.31. The predicted octanol–water partition coefficient (Wildman–Crippen LogP) is -0.319. The summed E-state index contributed by atoms with van der Waals surface area (Å²) in [7, 11) is 0. The van der Waals surface area contributed by atoms with E-state index in [-0.39, 0.29) is 0 Å². The van der Waals surface area contributed by atoms with E-state index in [9.17, 15) is 0 Å². The summed E-state index contributed by atoms with van der Waals surface area (Å²) in [5, 5.41) is 0. The topological polar surface area (TPSA) is 13.0 Å². The SMILES string of the molecule is C1CN2CCN3CCCN4CCN(C1)C2C34. The summed E-state index contributed by atoms with van der Waals surface area (Å²) in [4.78, 5) is 11.0. The molecule has 4 fully saturated rings. The lowest BCUT2D eigenvalue weighted by atomic mass is 10.0. The minimum atomic E-state index is 0.719. The van der Waals surface area contributed by atoms with E-state index in [1.807, 2.05) is 0 Å². The van der Waals surface area contributed by atoms with E-state index >= 15 is 0 Å². The van der Waals surface area contributed by atoms with Gasteiger partial charge in [0.1, 0.15) is 0 Å². The Bertz CT molecular complexity index is 230. The van der Waals surface area contributed by atoms with Crippen LogP contribution in [0.5, 0.6) is 0 Å². The van der Waals surface area contributed by atoms with Crippen LogP contribution >= 0.6 is 0 Å². The number of rotatable bonds is 0. The Morgan fingerprint density at radius 2 is 0.750 bits per heavy atom. The van der Waals surface area contributed by atoms with Crippen molar-refractivity contribution in [1.82, 2.24) is 19.6 Å². The molecule has 0 aromatic heterocycles. The van der Waals surface area contributed by atoms with Crippen LogP contribution in [0.4, 0.5) is 0 Å². The number of piperazine rings is 2. The van der Waals surface area contributed by atoms with Crippen molar-refractivity contribution in [2.45, 2.75) is 25.2 Å². The van der Waals surface area contributed by atoms with E-state index in [4.69, 9.17) is 0 Å². The molecular formula is C12H22N4. The molecule has 0 atom stereocenters. The Hall–Kier alpha value is -0.160. The van der Waals surface area contributed by atoms with Crippen LogP contribution in [-0.2, 0) is 0 Å². The molecule has 0 spiro atoms. The van der Waals surface area contributed by atoms with Gasteiger partial charge in [-0.05, 0) is 12.8 Å². The van der Waals surface area contributed by atoms with Crippen LogP contribution in [0.2, 0.25) is 0 Å². The monoisotopic (exact) mass is 222 g/mol. The van der Waals surface area contributed by atoms with E-state index in [0.717, 1.165) is 12.3 Å². The molecule has 90 valence electrons. The van der Waals surface area contributed by atoms with E-state index in [2.05, 4.69) is 19.6 Å². The van der Waals surface area contributed by atoms with Crippen molar-refractivity contribution >= 4 is 0 Å². The summed E-state index contributed by atoms with van der Waals surface area (Å²) in [6.07, 6.45) is 4.19. The summed E-state index contributed by atoms with van der Waals surface area (Å²) in [5.74, 6) is 0. The quantitative estimate of drug-likeness (QED) is 0.557. The summed E-state index contributed by atoms with van der Waals surface area (Å²) in [6.45, 7) is 10.5. The van der Waals surface area contributed by atoms with Gasteiger partial charge in [-0.15, -0.1) is 0 Å². The lowest BCUT2D eigenvalue weighted by molar-refractivity contribution is -0.179. The molecule has 0 saturated carbocycles. The van der Waals surface area contributed by atoms with Gasteiger partial charge < -0.3 is 0 Å². The molecule has 4 heterocycles. The number of nitrogens with zero attached hydrogens (tertiary/aromatic N) is 4. The molecule has 4 saturated heterocycles. The molecule has 4 nitrogen and oxygen atoms in total. The fourth-order valence-corrected chi connectivity index (χ4v) is 4.19. The zero-order valence-electron chi connectivity index (χ0n) is 10.0. The van der Waals surface area contributed by atoms with Gasteiger partial charge in [-0.1, -0.05) is 0 Å². The fourth-order valence-electron chi connectivity index (χ4n) is 4.19. The van der Waals surface area contributed by atoms with Crippen LogP contribution in [-0.4, -0.2) is 84.3 Å². The Morgan fingerprint density at radius 1 is 0.438 bits per heavy atom. The highest BCUT2D eigenvalue weighted by molar-refractivity contribution is 4.99. The van der Waals surface area contributed by atoms with Crippen LogP contribution in [0.1, 0.15) is 12.8 Å². The molecule has 0 unspecified atom stereocenters. The first-order chi connectivity index (χ1) is 7.93. The standard InChI is InChI=1S/C12H22N4/c1-3-13-7-9-15-5-2-6-16-10-8-14(4-1)11(13)12(15)16/h11-12H,1-10H2. The molecule has 4 aliphatic rings. The second-order valence-electron chi connectivity index (χ2n) is 5.68. The smallest absolute Gasteiger partial charge is 0.0922 e. The van der Waals surface area contributed by atoms with Gasteiger partial charge in [-0.2, -0.15) is 0 Å².